The third kappa shape index (κ3) is 5.81. The minimum atomic E-state index is -4.48. The van der Waals surface area contributed by atoms with Gasteiger partial charge in [-0.3, -0.25) is 9.99 Å². The molecule has 1 aliphatic heterocycles. The average molecular weight is 750 g/mol. The maximum atomic E-state index is 14.0. The van der Waals surface area contributed by atoms with Crippen molar-refractivity contribution in [1.82, 2.24) is 25.9 Å². The van der Waals surface area contributed by atoms with Gasteiger partial charge in [0.15, 0.2) is 0 Å². The minimum Gasteiger partial charge on any atom is -0.383 e. The summed E-state index contributed by atoms with van der Waals surface area (Å²) in [4.78, 5) is 8.27. The number of aryl methyl sites for hydroxylation is 1. The highest BCUT2D eigenvalue weighted by Gasteiger charge is 2.58. The molecule has 7 nitrogen and oxygen atoms in total. The van der Waals surface area contributed by atoms with Crippen LogP contribution in [0.3, 0.4) is 0 Å². The van der Waals surface area contributed by atoms with E-state index < -0.39 is 42.1 Å². The number of alkyl halides is 5. The van der Waals surface area contributed by atoms with E-state index in [0.717, 1.165) is 13.8 Å². The van der Waals surface area contributed by atoms with Crippen molar-refractivity contribution in [2.45, 2.75) is 57.8 Å². The van der Waals surface area contributed by atoms with Crippen LogP contribution in [0.15, 0.2) is 39.9 Å². The van der Waals surface area contributed by atoms with Gasteiger partial charge in [-0.1, -0.05) is 23.6 Å². The zero-order chi connectivity index (χ0) is 32.2. The number of anilines is 2. The number of pyridine rings is 2. The topological polar surface area (TPSA) is 77.1 Å². The van der Waals surface area contributed by atoms with Gasteiger partial charge in [0.25, 0.3) is 6.43 Å². The molecule has 5 rings (SSSR count). The van der Waals surface area contributed by atoms with Crippen LogP contribution in [0.5, 0.6) is 0 Å². The van der Waals surface area contributed by atoms with E-state index in [2.05, 4.69) is 37.5 Å². The Bertz CT molecular complexity index is 1680. The standard InChI is InChI=1S/C29H27ClF6IN7/c1-5-15-12-38-22-18(21(15)39-13-27(3,4)29(34,35)36)10-16(11-19(22)30)41-23(17-6-7-20(31)40-14(17)2)24-25(37)44(43-42-24)28(8-9-28)26(32)33/h1,6-7,10-12,23,26,41-43H,8-9,13H2,2-4H3,(H,38,39)/t23-/m0/s1. The van der Waals surface area contributed by atoms with Crippen molar-refractivity contribution in [3.05, 3.63) is 67.7 Å². The molecule has 1 aliphatic carbocycles. The smallest absolute Gasteiger partial charge is 0.383 e. The molecule has 1 aromatic carbocycles. The Hall–Kier alpha value is -3.16. The molecular formula is C29H27ClF6IN7. The molecule has 2 aliphatic rings. The monoisotopic (exact) mass is 749 g/mol. The predicted molar refractivity (Wildman–Crippen MR) is 165 cm³/mol. The average Bonchev–Trinajstić information content (AvgIpc) is 3.66. The van der Waals surface area contributed by atoms with Gasteiger partial charge in [0, 0.05) is 35.1 Å². The molecule has 1 saturated carbocycles. The third-order valence-corrected chi connectivity index (χ3v) is 9.24. The number of hydrogen-bond donors (Lipinski definition) is 4. The van der Waals surface area contributed by atoms with Crippen LogP contribution in [0.1, 0.15) is 49.6 Å². The Morgan fingerprint density at radius 1 is 1.23 bits per heavy atom. The van der Waals surface area contributed by atoms with Crippen molar-refractivity contribution in [2.75, 3.05) is 17.2 Å². The molecule has 0 saturated heterocycles. The summed E-state index contributed by atoms with van der Waals surface area (Å²) < 4.78 is 83.4. The second-order valence-electron chi connectivity index (χ2n) is 11.3. The number of hydrazine groups is 2. The van der Waals surface area contributed by atoms with Crippen LogP contribution in [0.2, 0.25) is 5.02 Å². The van der Waals surface area contributed by atoms with Crippen molar-refractivity contribution >= 4 is 56.5 Å². The normalized spacial score (nSPS) is 17.1. The van der Waals surface area contributed by atoms with E-state index in [1.54, 1.807) is 19.1 Å². The lowest BCUT2D eigenvalue weighted by Gasteiger charge is -2.29. The largest absolute Gasteiger partial charge is 0.395 e. The van der Waals surface area contributed by atoms with Gasteiger partial charge in [0.1, 0.15) is 9.24 Å². The number of nitrogens with zero attached hydrogens (tertiary/aromatic N) is 3. The molecule has 3 aromatic rings. The molecule has 0 spiro atoms. The fraction of sp³-hybridized carbons (Fsp3) is 0.379. The molecule has 44 heavy (non-hydrogen) atoms. The molecule has 1 atom stereocenters. The molecule has 234 valence electrons. The first kappa shape index (κ1) is 32.2. The van der Waals surface area contributed by atoms with E-state index >= 15 is 0 Å². The lowest BCUT2D eigenvalue weighted by atomic mass is 9.92. The van der Waals surface area contributed by atoms with E-state index in [-0.39, 0.29) is 16.3 Å². The summed E-state index contributed by atoms with van der Waals surface area (Å²) in [6.45, 7) is 3.28. The summed E-state index contributed by atoms with van der Waals surface area (Å²) in [7, 11) is 0. The fourth-order valence-electron chi connectivity index (χ4n) is 4.87. The first-order valence-electron chi connectivity index (χ1n) is 13.4. The zero-order valence-electron chi connectivity index (χ0n) is 23.6. The number of aromatic nitrogens is 2. The van der Waals surface area contributed by atoms with Gasteiger partial charge < -0.3 is 16.1 Å². The first-order valence-corrected chi connectivity index (χ1v) is 14.8. The Morgan fingerprint density at radius 2 is 1.93 bits per heavy atom. The molecule has 4 N–H and O–H groups in total. The Morgan fingerprint density at radius 3 is 2.52 bits per heavy atom. The Kier molecular flexibility index (Phi) is 8.53. The molecule has 0 amide bonds. The van der Waals surface area contributed by atoms with Crippen LogP contribution in [0.25, 0.3) is 10.9 Å². The highest BCUT2D eigenvalue weighted by molar-refractivity contribution is 14.1. The maximum Gasteiger partial charge on any atom is 0.395 e. The van der Waals surface area contributed by atoms with Crippen LogP contribution in [-0.2, 0) is 0 Å². The van der Waals surface area contributed by atoms with Crippen molar-refractivity contribution in [1.29, 1.82) is 0 Å². The van der Waals surface area contributed by atoms with Crippen molar-refractivity contribution in [3.63, 3.8) is 0 Å². The second kappa shape index (κ2) is 11.6. The van der Waals surface area contributed by atoms with Crippen molar-refractivity contribution < 1.29 is 26.3 Å². The number of halogens is 8. The lowest BCUT2D eigenvalue weighted by Crippen LogP contribution is -2.49. The number of fused-ring (bicyclic) bond motifs is 1. The molecular weight excluding hydrogens is 723 g/mol. The quantitative estimate of drug-likeness (QED) is 0.0591. The van der Waals surface area contributed by atoms with E-state index in [0.29, 0.717) is 50.1 Å². The molecule has 0 radical (unpaired) electrons. The van der Waals surface area contributed by atoms with Gasteiger partial charge in [-0.15, -0.1) is 12.0 Å². The van der Waals surface area contributed by atoms with Crippen molar-refractivity contribution in [3.8, 4) is 12.3 Å². The molecule has 1 fully saturated rings. The van der Waals surface area contributed by atoms with Gasteiger partial charge in [-0.25, -0.2) is 13.8 Å². The predicted octanol–water partition coefficient (Wildman–Crippen LogP) is 7.59. The SMILES string of the molecule is C#Cc1cnc2c(Cl)cc(N[C@H](C3=C(I)N(C4(C(F)F)CC4)NN3)c3ccc(F)nc3C)cc2c1NCC(C)(C)C(F)(F)F. The van der Waals surface area contributed by atoms with E-state index in [1.165, 1.54) is 23.3 Å². The van der Waals surface area contributed by atoms with Gasteiger partial charge in [-0.2, -0.15) is 17.6 Å². The Balaban J connectivity index is 1.60. The summed E-state index contributed by atoms with van der Waals surface area (Å²) in [6, 6.07) is 5.14. The van der Waals surface area contributed by atoms with E-state index in [9.17, 15) is 26.3 Å². The van der Waals surface area contributed by atoms with Gasteiger partial charge in [-0.05, 0) is 74.4 Å². The van der Waals surface area contributed by atoms with Crippen LogP contribution in [0, 0.1) is 30.6 Å². The summed E-state index contributed by atoms with van der Waals surface area (Å²) in [6.07, 6.45) is 0.531. The number of rotatable bonds is 9. The zero-order valence-corrected chi connectivity index (χ0v) is 26.5. The summed E-state index contributed by atoms with van der Waals surface area (Å²) >= 11 is 8.60. The number of terminal acetylenes is 1. The van der Waals surface area contributed by atoms with Gasteiger partial charge >= 0.3 is 6.18 Å². The minimum absolute atomic E-state index is 0.178. The van der Waals surface area contributed by atoms with Crippen LogP contribution in [0.4, 0.5) is 37.7 Å². The maximum absolute atomic E-state index is 14.0. The number of benzene rings is 1. The summed E-state index contributed by atoms with van der Waals surface area (Å²) in [5, 5.41) is 8.13. The second-order valence-corrected chi connectivity index (χ2v) is 12.8. The molecule has 0 bridgehead atoms. The highest BCUT2D eigenvalue weighted by atomic mass is 127. The highest BCUT2D eigenvalue weighted by Crippen LogP contribution is 2.50. The Labute approximate surface area is 268 Å². The fourth-order valence-corrected chi connectivity index (χ4v) is 6.19. The molecule has 15 heteroatoms. The number of nitrogens with one attached hydrogen (secondary N) is 4. The molecule has 2 aromatic heterocycles. The number of hydrogen-bond acceptors (Lipinski definition) is 7. The summed E-state index contributed by atoms with van der Waals surface area (Å²) in [5.74, 6) is 1.77. The van der Waals surface area contributed by atoms with E-state index in [4.69, 9.17) is 18.0 Å². The molecule has 0 unspecified atom stereocenters. The first-order chi connectivity index (χ1) is 20.6. The third-order valence-electron chi connectivity index (χ3n) is 7.89. The van der Waals surface area contributed by atoms with E-state index in [1.807, 2.05) is 22.6 Å². The summed E-state index contributed by atoms with van der Waals surface area (Å²) in [5.41, 5.74) is 4.90. The van der Waals surface area contributed by atoms with Crippen LogP contribution in [-0.4, -0.2) is 39.7 Å². The van der Waals surface area contributed by atoms with Crippen molar-refractivity contribution in [2.24, 2.45) is 5.41 Å². The van der Waals surface area contributed by atoms with Gasteiger partial charge in [0.05, 0.1) is 38.9 Å². The van der Waals surface area contributed by atoms with Gasteiger partial charge in [0.2, 0.25) is 5.95 Å². The molecule has 3 heterocycles. The van der Waals surface area contributed by atoms with Crippen LogP contribution >= 0.6 is 34.2 Å². The van der Waals surface area contributed by atoms with Crippen LogP contribution < -0.4 is 21.6 Å². The lowest BCUT2D eigenvalue weighted by molar-refractivity contribution is -0.206.